The summed E-state index contributed by atoms with van der Waals surface area (Å²) in [6.45, 7) is 0. The molecule has 21 heavy (non-hydrogen) atoms. The van der Waals surface area contributed by atoms with Crippen LogP contribution in [0.3, 0.4) is 0 Å². The Morgan fingerprint density at radius 3 is 2.57 bits per heavy atom. The number of nitrogens with one attached hydrogen (secondary N) is 1. The molecule has 110 valence electrons. The van der Waals surface area contributed by atoms with Crippen molar-refractivity contribution >= 4 is 35.0 Å². The van der Waals surface area contributed by atoms with Crippen LogP contribution in [0.15, 0.2) is 41.3 Å². The number of anilines is 1. The lowest BCUT2D eigenvalue weighted by atomic mass is 10.3. The molecule has 0 saturated heterocycles. The van der Waals surface area contributed by atoms with Gasteiger partial charge in [0.1, 0.15) is 17.5 Å². The first-order valence-corrected chi connectivity index (χ1v) is 7.15. The molecule has 0 bridgehead atoms. The molecule has 0 unspecified atom stereocenters. The largest absolute Gasteiger partial charge is 0.323 e. The van der Waals surface area contributed by atoms with Crippen molar-refractivity contribution in [1.82, 2.24) is 0 Å². The standard InChI is InChI=1S/C14H9ClF3NOS/c15-8-1-4-12(11(18)5-8)19-14(20)7-21-13-6-9(16)2-3-10(13)17/h1-6H,7H2,(H,19,20). The summed E-state index contributed by atoms with van der Waals surface area (Å²) in [6, 6.07) is 6.78. The summed E-state index contributed by atoms with van der Waals surface area (Å²) in [4.78, 5) is 11.7. The zero-order valence-corrected chi connectivity index (χ0v) is 12.1. The molecular formula is C14H9ClF3NOS. The van der Waals surface area contributed by atoms with Gasteiger partial charge in [-0.1, -0.05) is 11.6 Å². The smallest absolute Gasteiger partial charge is 0.234 e. The molecule has 0 aliphatic carbocycles. The lowest BCUT2D eigenvalue weighted by Gasteiger charge is -2.07. The first kappa shape index (κ1) is 15.7. The van der Waals surface area contributed by atoms with Gasteiger partial charge in [0.2, 0.25) is 5.91 Å². The van der Waals surface area contributed by atoms with E-state index in [4.69, 9.17) is 11.6 Å². The summed E-state index contributed by atoms with van der Waals surface area (Å²) >= 11 is 6.41. The van der Waals surface area contributed by atoms with Gasteiger partial charge in [-0.2, -0.15) is 0 Å². The molecule has 2 rings (SSSR count). The molecule has 0 radical (unpaired) electrons. The van der Waals surface area contributed by atoms with E-state index in [1.807, 2.05) is 0 Å². The molecule has 0 aromatic heterocycles. The first-order chi connectivity index (χ1) is 9.95. The molecule has 0 aliphatic rings. The summed E-state index contributed by atoms with van der Waals surface area (Å²) in [7, 11) is 0. The number of thioether (sulfide) groups is 1. The zero-order valence-electron chi connectivity index (χ0n) is 10.5. The molecule has 0 heterocycles. The molecule has 2 nitrogen and oxygen atoms in total. The van der Waals surface area contributed by atoms with Crippen molar-refractivity contribution in [1.29, 1.82) is 0 Å². The molecular weight excluding hydrogens is 323 g/mol. The Kier molecular flexibility index (Phi) is 5.14. The fourth-order valence-electron chi connectivity index (χ4n) is 1.51. The molecule has 0 atom stereocenters. The average molecular weight is 332 g/mol. The minimum Gasteiger partial charge on any atom is -0.323 e. The summed E-state index contributed by atoms with van der Waals surface area (Å²) in [5.74, 6) is -2.60. The van der Waals surface area contributed by atoms with Crippen molar-refractivity contribution in [2.45, 2.75) is 4.90 Å². The molecule has 2 aromatic carbocycles. The van der Waals surface area contributed by atoms with E-state index in [2.05, 4.69) is 5.32 Å². The molecule has 1 amide bonds. The van der Waals surface area contributed by atoms with Gasteiger partial charge in [-0.15, -0.1) is 11.8 Å². The first-order valence-electron chi connectivity index (χ1n) is 5.78. The quantitative estimate of drug-likeness (QED) is 0.836. The van der Waals surface area contributed by atoms with Gasteiger partial charge in [0.25, 0.3) is 0 Å². The third kappa shape index (κ3) is 4.41. The maximum Gasteiger partial charge on any atom is 0.234 e. The van der Waals surface area contributed by atoms with Crippen LogP contribution in [0.25, 0.3) is 0 Å². The zero-order chi connectivity index (χ0) is 15.4. The van der Waals surface area contributed by atoms with Crippen LogP contribution < -0.4 is 5.32 Å². The van der Waals surface area contributed by atoms with Gasteiger partial charge in [-0.25, -0.2) is 13.2 Å². The summed E-state index contributed by atoms with van der Waals surface area (Å²) < 4.78 is 39.8. The van der Waals surface area contributed by atoms with Gasteiger partial charge in [0.15, 0.2) is 0 Å². The topological polar surface area (TPSA) is 29.1 Å². The highest BCUT2D eigenvalue weighted by atomic mass is 35.5. The van der Waals surface area contributed by atoms with Crippen LogP contribution in [-0.4, -0.2) is 11.7 Å². The second kappa shape index (κ2) is 6.87. The van der Waals surface area contributed by atoms with E-state index in [9.17, 15) is 18.0 Å². The molecule has 0 saturated carbocycles. The van der Waals surface area contributed by atoms with Crippen LogP contribution in [-0.2, 0) is 4.79 Å². The lowest BCUT2D eigenvalue weighted by molar-refractivity contribution is -0.113. The van der Waals surface area contributed by atoms with Crippen LogP contribution in [0.4, 0.5) is 18.9 Å². The van der Waals surface area contributed by atoms with Crippen molar-refractivity contribution in [3.63, 3.8) is 0 Å². The van der Waals surface area contributed by atoms with Crippen LogP contribution in [0, 0.1) is 17.5 Å². The number of rotatable bonds is 4. The minimum absolute atomic E-state index is 0.0155. The minimum atomic E-state index is -0.669. The van der Waals surface area contributed by atoms with Crippen molar-refractivity contribution in [2.24, 2.45) is 0 Å². The van der Waals surface area contributed by atoms with E-state index in [0.717, 1.165) is 36.0 Å². The summed E-state index contributed by atoms with van der Waals surface area (Å²) in [5.41, 5.74) is -0.0234. The normalized spacial score (nSPS) is 10.5. The fraction of sp³-hybridized carbons (Fsp3) is 0.0714. The van der Waals surface area contributed by atoms with Crippen molar-refractivity contribution < 1.29 is 18.0 Å². The highest BCUT2D eigenvalue weighted by Crippen LogP contribution is 2.23. The van der Waals surface area contributed by atoms with Crippen LogP contribution in [0.5, 0.6) is 0 Å². The fourth-order valence-corrected chi connectivity index (χ4v) is 2.43. The molecule has 0 aliphatic heterocycles. The predicted octanol–water partition coefficient (Wildman–Crippen LogP) is 4.49. The highest BCUT2D eigenvalue weighted by molar-refractivity contribution is 8.00. The average Bonchev–Trinajstić information content (AvgIpc) is 2.43. The molecule has 0 spiro atoms. The monoisotopic (exact) mass is 331 g/mol. The maximum absolute atomic E-state index is 13.5. The third-order valence-electron chi connectivity index (χ3n) is 2.46. The van der Waals surface area contributed by atoms with E-state index < -0.39 is 23.4 Å². The van der Waals surface area contributed by atoms with Gasteiger partial charge in [-0.3, -0.25) is 4.79 Å². The second-order valence-corrected chi connectivity index (χ2v) is 5.49. The molecule has 0 fully saturated rings. The Bertz CT molecular complexity index is 681. The number of benzene rings is 2. The van der Waals surface area contributed by atoms with Crippen molar-refractivity contribution in [3.8, 4) is 0 Å². The summed E-state index contributed by atoms with van der Waals surface area (Å²) in [5, 5.41) is 2.54. The Morgan fingerprint density at radius 2 is 1.86 bits per heavy atom. The number of carbonyl (C=O) groups is 1. The molecule has 2 aromatic rings. The lowest BCUT2D eigenvalue weighted by Crippen LogP contribution is -2.15. The Balaban J connectivity index is 1.97. The third-order valence-corrected chi connectivity index (χ3v) is 3.72. The van der Waals surface area contributed by atoms with Crippen LogP contribution >= 0.6 is 23.4 Å². The van der Waals surface area contributed by atoms with Gasteiger partial charge < -0.3 is 5.32 Å². The SMILES string of the molecule is O=C(CSc1cc(F)ccc1F)Nc1ccc(Cl)cc1F. The number of hydrogen-bond acceptors (Lipinski definition) is 2. The van der Waals surface area contributed by atoms with E-state index in [0.29, 0.717) is 0 Å². The van der Waals surface area contributed by atoms with Crippen molar-refractivity contribution in [3.05, 3.63) is 58.9 Å². The highest BCUT2D eigenvalue weighted by Gasteiger charge is 2.10. The van der Waals surface area contributed by atoms with E-state index in [-0.39, 0.29) is 21.4 Å². The van der Waals surface area contributed by atoms with Crippen LogP contribution in [0.2, 0.25) is 5.02 Å². The number of amides is 1. The number of halogens is 4. The van der Waals surface area contributed by atoms with Crippen molar-refractivity contribution in [2.75, 3.05) is 11.1 Å². The van der Waals surface area contributed by atoms with Gasteiger partial charge in [0.05, 0.1) is 11.4 Å². The Morgan fingerprint density at radius 1 is 1.10 bits per heavy atom. The van der Waals surface area contributed by atoms with Crippen LogP contribution in [0.1, 0.15) is 0 Å². The van der Waals surface area contributed by atoms with Gasteiger partial charge in [-0.05, 0) is 36.4 Å². The van der Waals surface area contributed by atoms with E-state index in [1.165, 1.54) is 12.1 Å². The Hall–Kier alpha value is -1.66. The molecule has 1 N–H and O–H groups in total. The number of carbonyl (C=O) groups excluding carboxylic acids is 1. The second-order valence-electron chi connectivity index (χ2n) is 4.04. The number of hydrogen-bond donors (Lipinski definition) is 1. The van der Waals surface area contributed by atoms with E-state index >= 15 is 0 Å². The van der Waals surface area contributed by atoms with Gasteiger partial charge >= 0.3 is 0 Å². The predicted molar refractivity (Wildman–Crippen MR) is 77.1 cm³/mol. The maximum atomic E-state index is 13.5. The Labute approximate surface area is 128 Å². The van der Waals surface area contributed by atoms with E-state index in [1.54, 1.807) is 0 Å². The van der Waals surface area contributed by atoms with Gasteiger partial charge in [0, 0.05) is 9.92 Å². The summed E-state index contributed by atoms with van der Waals surface area (Å²) in [6.07, 6.45) is 0. The molecule has 7 heteroatoms.